The van der Waals surface area contributed by atoms with Crippen LogP contribution >= 0.6 is 0 Å². The molecule has 2 N–H and O–H groups in total. The summed E-state index contributed by atoms with van der Waals surface area (Å²) in [6.45, 7) is 3.50. The van der Waals surface area contributed by atoms with Crippen molar-refractivity contribution < 1.29 is 19.2 Å². The van der Waals surface area contributed by atoms with Gasteiger partial charge in [0.2, 0.25) is 5.91 Å². The molecule has 1 amide bonds. The van der Waals surface area contributed by atoms with Crippen molar-refractivity contribution in [3.8, 4) is 0 Å². The van der Waals surface area contributed by atoms with Gasteiger partial charge in [0.15, 0.2) is 0 Å². The van der Waals surface area contributed by atoms with Crippen LogP contribution in [0.5, 0.6) is 0 Å². The molecule has 142 valence electrons. The molecule has 1 fully saturated rings. The van der Waals surface area contributed by atoms with Gasteiger partial charge < -0.3 is 14.9 Å². The number of likely N-dealkylation sites (tertiary alicyclic amines) is 1. The maximum atomic E-state index is 14.1. The summed E-state index contributed by atoms with van der Waals surface area (Å²) in [7, 11) is -1.71. The van der Waals surface area contributed by atoms with Crippen LogP contribution in [0.1, 0.15) is 42.4 Å². The highest BCUT2D eigenvalue weighted by Gasteiger charge is 2.25. The Morgan fingerprint density at radius 2 is 1.93 bits per heavy atom. The number of carbonyl (C=O) groups excluding carboxylic acids is 1. The van der Waals surface area contributed by atoms with Gasteiger partial charge in [0.25, 0.3) is 0 Å². The molecule has 0 saturated carbocycles. The number of nitrogens with zero attached hydrogens (tertiary/aromatic N) is 1. The zero-order valence-electron chi connectivity index (χ0n) is 15.6. The van der Waals surface area contributed by atoms with E-state index in [1.807, 2.05) is 0 Å². The second-order valence-electron chi connectivity index (χ2n) is 7.15. The predicted molar refractivity (Wildman–Crippen MR) is 104 cm³/mol. The Kier molecular flexibility index (Phi) is 6.29. The normalized spacial score (nSPS) is 15.0. The fourth-order valence-corrected chi connectivity index (χ4v) is 3.67. The molecule has 1 saturated heterocycles. The van der Waals surface area contributed by atoms with Crippen molar-refractivity contribution in [2.24, 2.45) is 0 Å². The Morgan fingerprint density at radius 3 is 2.56 bits per heavy atom. The average Bonchev–Trinajstić information content (AvgIpc) is 2.69. The first kappa shape index (κ1) is 19.6. The van der Waals surface area contributed by atoms with Crippen LogP contribution in [-0.4, -0.2) is 41.1 Å². The Hall–Kier alpha value is -2.18. The lowest BCUT2D eigenvalue weighted by Gasteiger charge is -2.32. The van der Waals surface area contributed by atoms with Gasteiger partial charge in [0.1, 0.15) is 5.82 Å². The fraction of sp³-hybridized carbons (Fsp3) is 0.381. The SMILES string of the molecule is CCc1cccc(C2CCN(C(=O)Cc3ccc(B(O)O)cc3F)CC2)c1. The number of benzene rings is 2. The first-order valence-electron chi connectivity index (χ1n) is 9.49. The molecule has 0 spiro atoms. The van der Waals surface area contributed by atoms with Crippen LogP contribution in [0.25, 0.3) is 0 Å². The van der Waals surface area contributed by atoms with Crippen molar-refractivity contribution in [2.45, 2.75) is 38.5 Å². The van der Waals surface area contributed by atoms with Gasteiger partial charge in [-0.25, -0.2) is 4.39 Å². The lowest BCUT2D eigenvalue weighted by atomic mass is 9.80. The van der Waals surface area contributed by atoms with Crippen LogP contribution < -0.4 is 5.46 Å². The molecule has 0 aromatic heterocycles. The highest BCUT2D eigenvalue weighted by atomic mass is 19.1. The third-order valence-corrected chi connectivity index (χ3v) is 5.40. The molecule has 0 radical (unpaired) electrons. The number of piperidine rings is 1. The number of aryl methyl sites for hydroxylation is 1. The van der Waals surface area contributed by atoms with Crippen LogP contribution in [0.2, 0.25) is 0 Å². The van der Waals surface area contributed by atoms with E-state index in [0.717, 1.165) is 25.3 Å². The van der Waals surface area contributed by atoms with Gasteiger partial charge in [0.05, 0.1) is 6.42 Å². The van der Waals surface area contributed by atoms with Crippen LogP contribution in [-0.2, 0) is 17.6 Å². The third-order valence-electron chi connectivity index (χ3n) is 5.40. The minimum absolute atomic E-state index is 0.0103. The molecule has 0 bridgehead atoms. The Morgan fingerprint density at radius 1 is 1.19 bits per heavy atom. The van der Waals surface area contributed by atoms with Crippen molar-refractivity contribution in [3.63, 3.8) is 0 Å². The fourth-order valence-electron chi connectivity index (χ4n) is 3.67. The Balaban J connectivity index is 1.58. The quantitative estimate of drug-likeness (QED) is 0.793. The predicted octanol–water partition coefficient (Wildman–Crippen LogP) is 2.02. The zero-order chi connectivity index (χ0) is 19.4. The summed E-state index contributed by atoms with van der Waals surface area (Å²) >= 11 is 0. The molecule has 1 aliphatic heterocycles. The molecule has 1 heterocycles. The van der Waals surface area contributed by atoms with Crippen molar-refractivity contribution in [1.29, 1.82) is 0 Å². The third kappa shape index (κ3) is 4.76. The number of rotatable bonds is 5. The molecule has 4 nitrogen and oxygen atoms in total. The van der Waals surface area contributed by atoms with E-state index in [2.05, 4.69) is 31.2 Å². The lowest BCUT2D eigenvalue weighted by molar-refractivity contribution is -0.131. The molecule has 6 heteroatoms. The van der Waals surface area contributed by atoms with Gasteiger partial charge in [-0.05, 0) is 53.4 Å². The van der Waals surface area contributed by atoms with Crippen molar-refractivity contribution in [3.05, 3.63) is 65.0 Å². The number of hydrogen-bond donors (Lipinski definition) is 2. The van der Waals surface area contributed by atoms with Crippen molar-refractivity contribution >= 4 is 18.5 Å². The Labute approximate surface area is 159 Å². The number of amides is 1. The number of halogens is 1. The van der Waals surface area contributed by atoms with Crippen molar-refractivity contribution in [2.75, 3.05) is 13.1 Å². The largest absolute Gasteiger partial charge is 0.488 e. The summed E-state index contributed by atoms with van der Waals surface area (Å²) in [5.41, 5.74) is 3.03. The lowest BCUT2D eigenvalue weighted by Crippen LogP contribution is -2.39. The molecule has 2 aromatic carbocycles. The summed E-state index contributed by atoms with van der Waals surface area (Å²) < 4.78 is 14.1. The maximum absolute atomic E-state index is 14.1. The van der Waals surface area contributed by atoms with Gasteiger partial charge in [0, 0.05) is 13.1 Å². The molecule has 27 heavy (non-hydrogen) atoms. The second kappa shape index (κ2) is 8.68. The van der Waals surface area contributed by atoms with Crippen molar-refractivity contribution in [1.82, 2.24) is 4.90 Å². The minimum atomic E-state index is -1.71. The van der Waals surface area contributed by atoms with E-state index in [0.29, 0.717) is 19.0 Å². The number of hydrogen-bond acceptors (Lipinski definition) is 3. The van der Waals surface area contributed by atoms with Gasteiger partial charge in [-0.3, -0.25) is 4.79 Å². The van der Waals surface area contributed by atoms with Gasteiger partial charge in [-0.15, -0.1) is 0 Å². The van der Waals surface area contributed by atoms with Crippen LogP contribution in [0.15, 0.2) is 42.5 Å². The maximum Gasteiger partial charge on any atom is 0.488 e. The summed E-state index contributed by atoms with van der Waals surface area (Å²) in [6, 6.07) is 12.6. The van der Waals surface area contributed by atoms with E-state index in [1.54, 1.807) is 4.90 Å². The average molecular weight is 369 g/mol. The summed E-state index contributed by atoms with van der Waals surface area (Å²) in [5, 5.41) is 18.2. The van der Waals surface area contributed by atoms with Gasteiger partial charge in [-0.1, -0.05) is 43.3 Å². The Bertz CT molecular complexity index is 804. The standard InChI is InChI=1S/C21H25BFNO3/c1-2-15-4-3-5-17(12-15)16-8-10-24(11-9-16)21(25)13-18-6-7-19(22(26)27)14-20(18)23/h3-7,12,14,16,26-27H,2,8-11,13H2,1H3. The van der Waals surface area contributed by atoms with E-state index in [4.69, 9.17) is 10.0 Å². The second-order valence-corrected chi connectivity index (χ2v) is 7.15. The number of carbonyl (C=O) groups is 1. The molecular weight excluding hydrogens is 344 g/mol. The highest BCUT2D eigenvalue weighted by molar-refractivity contribution is 6.58. The van der Waals surface area contributed by atoms with E-state index in [1.165, 1.54) is 23.3 Å². The summed E-state index contributed by atoms with van der Waals surface area (Å²) in [4.78, 5) is 14.3. The van der Waals surface area contributed by atoms with E-state index < -0.39 is 12.9 Å². The molecule has 1 aliphatic rings. The monoisotopic (exact) mass is 369 g/mol. The molecule has 0 unspecified atom stereocenters. The van der Waals surface area contributed by atoms with Crippen LogP contribution in [0.3, 0.4) is 0 Å². The molecule has 0 atom stereocenters. The zero-order valence-corrected chi connectivity index (χ0v) is 15.6. The highest BCUT2D eigenvalue weighted by Crippen LogP contribution is 2.29. The first-order valence-corrected chi connectivity index (χ1v) is 9.49. The molecule has 0 aliphatic carbocycles. The van der Waals surface area contributed by atoms with E-state index in [-0.39, 0.29) is 23.4 Å². The minimum Gasteiger partial charge on any atom is -0.423 e. The van der Waals surface area contributed by atoms with Gasteiger partial charge >= 0.3 is 7.12 Å². The van der Waals surface area contributed by atoms with Crippen LogP contribution in [0, 0.1) is 5.82 Å². The summed E-state index contributed by atoms with van der Waals surface area (Å²) in [6.07, 6.45) is 2.83. The molecule has 3 rings (SSSR count). The molecular formula is C21H25BFNO3. The van der Waals surface area contributed by atoms with Gasteiger partial charge in [-0.2, -0.15) is 0 Å². The topological polar surface area (TPSA) is 60.8 Å². The smallest absolute Gasteiger partial charge is 0.423 e. The van der Waals surface area contributed by atoms with E-state index in [9.17, 15) is 9.18 Å². The molecule has 2 aromatic rings. The first-order chi connectivity index (χ1) is 13.0. The summed E-state index contributed by atoms with van der Waals surface area (Å²) in [5.74, 6) is -0.213. The van der Waals surface area contributed by atoms with E-state index >= 15 is 0 Å². The van der Waals surface area contributed by atoms with Crippen LogP contribution in [0.4, 0.5) is 4.39 Å².